The first-order chi connectivity index (χ1) is 12.7. The Balaban J connectivity index is 1.24. The van der Waals surface area contributed by atoms with Gasteiger partial charge in [0.05, 0.1) is 6.54 Å². The molecule has 0 spiro atoms. The van der Waals surface area contributed by atoms with E-state index in [4.69, 9.17) is 0 Å². The van der Waals surface area contributed by atoms with E-state index in [1.807, 2.05) is 18.5 Å². The summed E-state index contributed by atoms with van der Waals surface area (Å²) in [5.41, 5.74) is 1.38. The van der Waals surface area contributed by atoms with Crippen LogP contribution in [0.4, 0.5) is 0 Å². The van der Waals surface area contributed by atoms with Gasteiger partial charge in [0.25, 0.3) is 0 Å². The molecule has 5 heteroatoms. The minimum absolute atomic E-state index is 0.209. The van der Waals surface area contributed by atoms with Gasteiger partial charge < -0.3 is 10.4 Å². The lowest BCUT2D eigenvalue weighted by molar-refractivity contribution is -0.139. The second-order valence-corrected chi connectivity index (χ2v) is 8.60. The lowest BCUT2D eigenvalue weighted by atomic mass is 9.79. The van der Waals surface area contributed by atoms with E-state index in [-0.39, 0.29) is 6.54 Å². The van der Waals surface area contributed by atoms with Crippen LogP contribution in [0.3, 0.4) is 0 Å². The Morgan fingerprint density at radius 2 is 2.04 bits per heavy atom. The van der Waals surface area contributed by atoms with Crippen LogP contribution < -0.4 is 5.32 Å². The quantitative estimate of drug-likeness (QED) is 0.749. The Bertz CT molecular complexity index is 599. The molecule has 142 valence electrons. The van der Waals surface area contributed by atoms with E-state index in [1.165, 1.54) is 44.1 Å². The first-order valence-electron chi connectivity index (χ1n) is 10.3. The third-order valence-electron chi connectivity index (χ3n) is 6.46. The first-order valence-corrected chi connectivity index (χ1v) is 10.3. The molecule has 2 N–H and O–H groups in total. The van der Waals surface area contributed by atoms with Crippen LogP contribution in [0.5, 0.6) is 0 Å². The smallest absolute Gasteiger partial charge is 0.317 e. The van der Waals surface area contributed by atoms with E-state index in [2.05, 4.69) is 21.3 Å². The van der Waals surface area contributed by atoms with E-state index in [0.29, 0.717) is 24.0 Å². The van der Waals surface area contributed by atoms with Gasteiger partial charge in [-0.2, -0.15) is 0 Å². The summed E-state index contributed by atoms with van der Waals surface area (Å²) in [5.74, 6) is 0.692. The number of nitrogens with one attached hydrogen (secondary N) is 1. The third-order valence-corrected chi connectivity index (χ3v) is 6.46. The molecule has 4 rings (SSSR count). The molecule has 3 fully saturated rings. The van der Waals surface area contributed by atoms with Crippen LogP contribution in [-0.2, 0) is 4.79 Å². The number of carbonyl (C=O) groups is 1. The fourth-order valence-corrected chi connectivity index (χ4v) is 4.77. The summed E-state index contributed by atoms with van der Waals surface area (Å²) < 4.78 is 0. The number of carboxylic acid groups (broad SMARTS) is 1. The molecule has 3 aliphatic carbocycles. The van der Waals surface area contributed by atoms with Crippen molar-refractivity contribution in [2.24, 2.45) is 5.92 Å². The van der Waals surface area contributed by atoms with Gasteiger partial charge in [0, 0.05) is 37.1 Å². The highest BCUT2D eigenvalue weighted by molar-refractivity contribution is 5.69. The lowest BCUT2D eigenvalue weighted by Crippen LogP contribution is -2.56. The maximum absolute atomic E-state index is 11.2. The van der Waals surface area contributed by atoms with Gasteiger partial charge in [0.15, 0.2) is 0 Å². The molecule has 0 aliphatic heterocycles. The third kappa shape index (κ3) is 4.63. The Morgan fingerprint density at radius 1 is 1.19 bits per heavy atom. The Labute approximate surface area is 156 Å². The Morgan fingerprint density at radius 3 is 2.73 bits per heavy atom. The molecule has 0 bridgehead atoms. The number of nitrogens with zero attached hydrogens (tertiary/aromatic N) is 2. The number of hydrogen-bond donors (Lipinski definition) is 2. The highest BCUT2D eigenvalue weighted by Crippen LogP contribution is 2.36. The molecular weight excluding hydrogens is 326 g/mol. The van der Waals surface area contributed by atoms with Gasteiger partial charge in [-0.05, 0) is 68.4 Å². The number of aromatic nitrogens is 1. The zero-order valence-electron chi connectivity index (χ0n) is 15.5. The predicted molar refractivity (Wildman–Crippen MR) is 101 cm³/mol. The van der Waals surface area contributed by atoms with Crippen LogP contribution in [0.25, 0.3) is 0 Å². The summed E-state index contributed by atoms with van der Waals surface area (Å²) in [6.45, 7) is 1.19. The van der Waals surface area contributed by atoms with Crippen molar-refractivity contribution in [2.45, 2.75) is 75.4 Å². The summed E-state index contributed by atoms with van der Waals surface area (Å²) in [6.07, 6.45) is 13.7. The van der Waals surface area contributed by atoms with E-state index in [1.54, 1.807) is 0 Å². The minimum atomic E-state index is -0.686. The van der Waals surface area contributed by atoms with Gasteiger partial charge in [-0.15, -0.1) is 0 Å². The van der Waals surface area contributed by atoms with Gasteiger partial charge >= 0.3 is 5.97 Å². The zero-order valence-corrected chi connectivity index (χ0v) is 15.5. The van der Waals surface area contributed by atoms with Gasteiger partial charge in [0.1, 0.15) is 0 Å². The lowest BCUT2D eigenvalue weighted by Gasteiger charge is -2.45. The number of hydrogen-bond acceptors (Lipinski definition) is 4. The Hall–Kier alpha value is -1.46. The maximum atomic E-state index is 11.2. The highest BCUT2D eigenvalue weighted by Gasteiger charge is 2.38. The van der Waals surface area contributed by atoms with E-state index >= 15 is 0 Å². The van der Waals surface area contributed by atoms with Gasteiger partial charge in [0.2, 0.25) is 0 Å². The van der Waals surface area contributed by atoms with Gasteiger partial charge in [-0.25, -0.2) is 0 Å². The van der Waals surface area contributed by atoms with Gasteiger partial charge in [-0.1, -0.05) is 12.5 Å². The van der Waals surface area contributed by atoms with Crippen molar-refractivity contribution < 1.29 is 9.90 Å². The Kier molecular flexibility index (Phi) is 5.55. The second kappa shape index (κ2) is 8.05. The van der Waals surface area contributed by atoms with Crippen LogP contribution in [0.15, 0.2) is 24.5 Å². The van der Waals surface area contributed by atoms with E-state index < -0.39 is 5.97 Å². The van der Waals surface area contributed by atoms with Crippen LogP contribution in [-0.4, -0.2) is 52.2 Å². The molecule has 0 aromatic carbocycles. The molecule has 1 aromatic rings. The molecule has 2 atom stereocenters. The summed E-state index contributed by atoms with van der Waals surface area (Å²) in [7, 11) is 0. The number of aliphatic carboxylic acids is 1. The molecule has 2 unspecified atom stereocenters. The molecule has 3 aliphatic rings. The molecule has 26 heavy (non-hydrogen) atoms. The first kappa shape index (κ1) is 17.9. The van der Waals surface area contributed by atoms with Crippen molar-refractivity contribution >= 4 is 5.97 Å². The average molecular weight is 357 g/mol. The average Bonchev–Trinajstić information content (AvgIpc) is 3.42. The summed E-state index contributed by atoms with van der Waals surface area (Å²) in [6, 6.07) is 5.87. The predicted octanol–water partition coefficient (Wildman–Crippen LogP) is 3.03. The SMILES string of the molecule is O=C(O)CN(CC1CC1)C1CC(NC2CCCC(c3cccnc3)C2)C1. The summed E-state index contributed by atoms with van der Waals surface area (Å²) in [5, 5.41) is 13.1. The van der Waals surface area contributed by atoms with Gasteiger partial charge in [-0.3, -0.25) is 14.7 Å². The highest BCUT2D eigenvalue weighted by atomic mass is 16.4. The summed E-state index contributed by atoms with van der Waals surface area (Å²) >= 11 is 0. The standard InChI is InChI=1S/C21H31N3O2/c25-21(26)14-24(13-15-6-7-15)20-10-19(11-20)23-18-5-1-3-16(9-18)17-4-2-8-22-12-17/h2,4,8,12,15-16,18-20,23H,1,3,5-7,9-11,13-14H2,(H,25,26). The molecule has 3 saturated carbocycles. The normalized spacial score (nSPS) is 31.6. The summed E-state index contributed by atoms with van der Waals surface area (Å²) in [4.78, 5) is 17.7. The largest absolute Gasteiger partial charge is 0.480 e. The van der Waals surface area contributed by atoms with Crippen molar-refractivity contribution in [1.82, 2.24) is 15.2 Å². The maximum Gasteiger partial charge on any atom is 0.317 e. The molecule has 1 heterocycles. The van der Waals surface area contributed by atoms with Crippen LogP contribution in [0, 0.1) is 5.92 Å². The zero-order chi connectivity index (χ0) is 17.9. The van der Waals surface area contributed by atoms with Crippen molar-refractivity contribution in [3.05, 3.63) is 30.1 Å². The van der Waals surface area contributed by atoms with Crippen molar-refractivity contribution in [3.63, 3.8) is 0 Å². The van der Waals surface area contributed by atoms with Crippen molar-refractivity contribution in [1.29, 1.82) is 0 Å². The topological polar surface area (TPSA) is 65.5 Å². The molecule has 5 nitrogen and oxygen atoms in total. The van der Waals surface area contributed by atoms with Crippen molar-refractivity contribution in [3.8, 4) is 0 Å². The molecule has 0 radical (unpaired) electrons. The molecule has 0 amide bonds. The van der Waals surface area contributed by atoms with Crippen LogP contribution >= 0.6 is 0 Å². The molecule has 0 saturated heterocycles. The fourth-order valence-electron chi connectivity index (χ4n) is 4.77. The van der Waals surface area contributed by atoms with Crippen molar-refractivity contribution in [2.75, 3.05) is 13.1 Å². The van der Waals surface area contributed by atoms with Crippen LogP contribution in [0.2, 0.25) is 0 Å². The van der Waals surface area contributed by atoms with E-state index in [0.717, 1.165) is 25.3 Å². The number of carboxylic acids is 1. The molecular formula is C21H31N3O2. The monoisotopic (exact) mass is 357 g/mol. The minimum Gasteiger partial charge on any atom is -0.480 e. The fraction of sp³-hybridized carbons (Fsp3) is 0.714. The second-order valence-electron chi connectivity index (χ2n) is 8.60. The van der Waals surface area contributed by atoms with E-state index in [9.17, 15) is 9.90 Å². The number of pyridine rings is 1. The molecule has 1 aromatic heterocycles. The number of rotatable bonds is 8. The van der Waals surface area contributed by atoms with Crippen LogP contribution in [0.1, 0.15) is 62.8 Å².